The van der Waals surface area contributed by atoms with Gasteiger partial charge in [-0.25, -0.2) is 0 Å². The normalized spacial score (nSPS) is 11.3. The molecule has 1 aromatic rings. The van der Waals surface area contributed by atoms with Crippen LogP contribution in [0.1, 0.15) is 10.4 Å². The Morgan fingerprint density at radius 1 is 1.33 bits per heavy atom. The van der Waals surface area contributed by atoms with Gasteiger partial charge in [-0.15, -0.1) is 0 Å². The lowest BCUT2D eigenvalue weighted by Crippen LogP contribution is -2.06. The van der Waals surface area contributed by atoms with E-state index >= 15 is 0 Å². The molecule has 0 aliphatic heterocycles. The number of benzene rings is 1. The summed E-state index contributed by atoms with van der Waals surface area (Å²) < 4.78 is 0.523. The van der Waals surface area contributed by atoms with E-state index in [0.717, 1.165) is 0 Å². The van der Waals surface area contributed by atoms with E-state index < -0.39 is 0 Å². The number of Topliss-reactive ketones (excluding diaryl/α,β-unsaturated/α-hetero) is 1. The fraction of sp³-hybridized carbons (Fsp3) is 0.182. The molecule has 0 unspecified atom stereocenters. The Labute approximate surface area is 103 Å². The zero-order valence-corrected chi connectivity index (χ0v) is 10.8. The zero-order valence-electron chi connectivity index (χ0n) is 8.50. The second-order valence-corrected chi connectivity index (χ2v) is 4.57. The van der Waals surface area contributed by atoms with Crippen molar-refractivity contribution in [3.05, 3.63) is 45.5 Å². The third-order valence-electron chi connectivity index (χ3n) is 1.69. The van der Waals surface area contributed by atoms with E-state index in [0.29, 0.717) is 15.1 Å². The molecule has 0 bridgehead atoms. The molecule has 4 heteroatoms. The highest BCUT2D eigenvalue weighted by Gasteiger charge is 2.09. The molecule has 1 rings (SSSR count). The highest BCUT2D eigenvalue weighted by atomic mass is 79.9. The molecule has 0 spiro atoms. The summed E-state index contributed by atoms with van der Waals surface area (Å²) in [6.07, 6.45) is 1.72. The average molecular weight is 289 g/mol. The van der Waals surface area contributed by atoms with Gasteiger partial charge in [-0.2, -0.15) is 0 Å². The van der Waals surface area contributed by atoms with Crippen molar-refractivity contribution in [3.63, 3.8) is 0 Å². The van der Waals surface area contributed by atoms with Crippen LogP contribution in [0.4, 0.5) is 0 Å². The summed E-state index contributed by atoms with van der Waals surface area (Å²) in [6, 6.07) is 6.81. The van der Waals surface area contributed by atoms with Crippen molar-refractivity contribution < 1.29 is 4.79 Å². The maximum atomic E-state index is 11.8. The van der Waals surface area contributed by atoms with Gasteiger partial charge in [-0.3, -0.25) is 4.79 Å². The van der Waals surface area contributed by atoms with E-state index in [1.165, 1.54) is 0 Å². The minimum atomic E-state index is -0.0552. The van der Waals surface area contributed by atoms with Gasteiger partial charge in [-0.1, -0.05) is 11.6 Å². The maximum absolute atomic E-state index is 11.8. The molecule has 0 amide bonds. The summed E-state index contributed by atoms with van der Waals surface area (Å²) >= 11 is 8.97. The predicted molar refractivity (Wildman–Crippen MR) is 66.5 cm³/mol. The monoisotopic (exact) mass is 287 g/mol. The van der Waals surface area contributed by atoms with Gasteiger partial charge in [0, 0.05) is 30.9 Å². The number of carbonyl (C=O) groups excluding carboxylic acids is 1. The predicted octanol–water partition coefficient (Wildman–Crippen LogP) is 3.32. The number of halogens is 2. The van der Waals surface area contributed by atoms with Crippen LogP contribution in [0.5, 0.6) is 0 Å². The first-order valence-electron chi connectivity index (χ1n) is 4.34. The van der Waals surface area contributed by atoms with Crippen molar-refractivity contribution in [1.29, 1.82) is 0 Å². The Morgan fingerprint density at radius 3 is 2.33 bits per heavy atom. The Kier molecular flexibility index (Phi) is 4.36. The van der Waals surface area contributed by atoms with Gasteiger partial charge in [-0.05, 0) is 40.2 Å². The summed E-state index contributed by atoms with van der Waals surface area (Å²) in [5.74, 6) is -0.0552. The average Bonchev–Trinajstić information content (AvgIpc) is 2.17. The minimum Gasteiger partial charge on any atom is -0.382 e. The summed E-state index contributed by atoms with van der Waals surface area (Å²) in [7, 11) is 3.72. The van der Waals surface area contributed by atoms with Crippen molar-refractivity contribution in [2.75, 3.05) is 14.1 Å². The first kappa shape index (κ1) is 12.3. The molecular weight excluding hydrogens is 277 g/mol. The SMILES string of the molecule is CN(C)/C=C(\Br)C(=O)c1ccc(Cl)cc1. The third kappa shape index (κ3) is 3.68. The number of hydrogen-bond acceptors (Lipinski definition) is 2. The third-order valence-corrected chi connectivity index (χ3v) is 2.51. The van der Waals surface area contributed by atoms with Crippen molar-refractivity contribution in [2.45, 2.75) is 0 Å². The fourth-order valence-corrected chi connectivity index (χ4v) is 1.79. The fourth-order valence-electron chi connectivity index (χ4n) is 1.02. The molecule has 80 valence electrons. The van der Waals surface area contributed by atoms with E-state index in [-0.39, 0.29) is 5.78 Å². The number of carbonyl (C=O) groups is 1. The van der Waals surface area contributed by atoms with Crippen LogP contribution in [0.25, 0.3) is 0 Å². The van der Waals surface area contributed by atoms with Gasteiger partial charge in [0.15, 0.2) is 0 Å². The highest BCUT2D eigenvalue weighted by molar-refractivity contribution is 9.12. The van der Waals surface area contributed by atoms with Gasteiger partial charge in [0.1, 0.15) is 0 Å². The van der Waals surface area contributed by atoms with Crippen LogP contribution >= 0.6 is 27.5 Å². The topological polar surface area (TPSA) is 20.3 Å². The Morgan fingerprint density at radius 2 is 1.87 bits per heavy atom. The molecule has 0 fully saturated rings. The molecule has 0 saturated heterocycles. The smallest absolute Gasteiger partial charge is 0.201 e. The van der Waals surface area contributed by atoms with Gasteiger partial charge in [0.25, 0.3) is 0 Å². The maximum Gasteiger partial charge on any atom is 0.201 e. The second-order valence-electron chi connectivity index (χ2n) is 3.28. The van der Waals surface area contributed by atoms with E-state index in [9.17, 15) is 4.79 Å². The quantitative estimate of drug-likeness (QED) is 0.628. The summed E-state index contributed by atoms with van der Waals surface area (Å²) in [5, 5.41) is 0.624. The molecule has 0 aliphatic rings. The number of allylic oxidation sites excluding steroid dienone is 1. The standard InChI is InChI=1S/C11H11BrClNO/c1-14(2)7-10(12)11(15)8-3-5-9(13)6-4-8/h3-7H,1-2H3/b10-7-. The molecule has 1 aromatic carbocycles. The van der Waals surface area contributed by atoms with Crippen LogP contribution < -0.4 is 0 Å². The molecule has 0 aromatic heterocycles. The van der Waals surface area contributed by atoms with Crippen LogP contribution in [0.15, 0.2) is 34.9 Å². The molecule has 2 nitrogen and oxygen atoms in total. The van der Waals surface area contributed by atoms with Crippen LogP contribution in [0.3, 0.4) is 0 Å². The van der Waals surface area contributed by atoms with Gasteiger partial charge in [0.2, 0.25) is 5.78 Å². The van der Waals surface area contributed by atoms with Gasteiger partial charge < -0.3 is 4.90 Å². The summed E-state index contributed by atoms with van der Waals surface area (Å²) in [5.41, 5.74) is 0.615. The molecule has 0 atom stereocenters. The van der Waals surface area contributed by atoms with E-state index in [1.54, 1.807) is 35.4 Å². The largest absolute Gasteiger partial charge is 0.382 e. The van der Waals surface area contributed by atoms with Gasteiger partial charge >= 0.3 is 0 Å². The first-order valence-corrected chi connectivity index (χ1v) is 5.52. The summed E-state index contributed by atoms with van der Waals surface area (Å²) in [4.78, 5) is 13.6. The van der Waals surface area contributed by atoms with Gasteiger partial charge in [0.05, 0.1) is 4.48 Å². The van der Waals surface area contributed by atoms with Crippen LogP contribution in [-0.2, 0) is 0 Å². The van der Waals surface area contributed by atoms with Crippen LogP contribution in [0, 0.1) is 0 Å². The van der Waals surface area contributed by atoms with Crippen molar-refractivity contribution in [3.8, 4) is 0 Å². The molecular formula is C11H11BrClNO. The first-order chi connectivity index (χ1) is 7.00. The van der Waals surface area contributed by atoms with Crippen molar-refractivity contribution in [2.24, 2.45) is 0 Å². The Balaban J connectivity index is 2.90. The van der Waals surface area contributed by atoms with Crippen molar-refractivity contribution >= 4 is 33.3 Å². The Bertz CT molecular complexity index is 384. The lowest BCUT2D eigenvalue weighted by Gasteiger charge is -2.06. The lowest BCUT2D eigenvalue weighted by atomic mass is 10.1. The van der Waals surface area contributed by atoms with Crippen molar-refractivity contribution in [1.82, 2.24) is 4.90 Å². The van der Waals surface area contributed by atoms with Crippen LogP contribution in [0.2, 0.25) is 5.02 Å². The van der Waals surface area contributed by atoms with E-state index in [2.05, 4.69) is 15.9 Å². The number of rotatable bonds is 3. The highest BCUT2D eigenvalue weighted by Crippen LogP contribution is 2.16. The zero-order chi connectivity index (χ0) is 11.4. The molecule has 0 heterocycles. The molecule has 0 aliphatic carbocycles. The lowest BCUT2D eigenvalue weighted by molar-refractivity contribution is 0.104. The van der Waals surface area contributed by atoms with Crippen LogP contribution in [-0.4, -0.2) is 24.8 Å². The molecule has 0 N–H and O–H groups in total. The molecule has 0 saturated carbocycles. The Hall–Kier alpha value is -0.800. The molecule has 15 heavy (non-hydrogen) atoms. The number of hydrogen-bond donors (Lipinski definition) is 0. The second kappa shape index (κ2) is 5.33. The minimum absolute atomic E-state index is 0.0552. The number of ketones is 1. The summed E-state index contributed by atoms with van der Waals surface area (Å²) in [6.45, 7) is 0. The number of nitrogens with zero attached hydrogens (tertiary/aromatic N) is 1. The van der Waals surface area contributed by atoms with E-state index in [1.807, 2.05) is 14.1 Å². The molecule has 0 radical (unpaired) electrons. The van der Waals surface area contributed by atoms with E-state index in [4.69, 9.17) is 11.6 Å².